The fraction of sp³-hybridized carbons (Fsp3) is 0.778. The van der Waals surface area contributed by atoms with Gasteiger partial charge in [-0.25, -0.2) is 0 Å². The summed E-state index contributed by atoms with van der Waals surface area (Å²) < 4.78 is 36.9. The van der Waals surface area contributed by atoms with Gasteiger partial charge in [0.15, 0.2) is 0 Å². The van der Waals surface area contributed by atoms with Crippen molar-refractivity contribution in [1.29, 1.82) is 0 Å². The minimum absolute atomic E-state index is 0.206. The Balaban J connectivity index is 2.08. The van der Waals surface area contributed by atoms with Crippen molar-refractivity contribution in [3.63, 3.8) is 0 Å². The third kappa shape index (κ3) is 2.45. The molecular formula is C9H12F3N3S. The molecule has 0 aromatic carbocycles. The van der Waals surface area contributed by atoms with Gasteiger partial charge in [0.1, 0.15) is 0 Å². The standard InChI is InChI=1S/C9H12F3N3S/c1-8(2,5-3-4-5)13-7-15-14-6(16-7)9(10,11)12/h5H,3-4H2,1-2H3,(H,13,15). The van der Waals surface area contributed by atoms with Crippen LogP contribution >= 0.6 is 11.3 Å². The van der Waals surface area contributed by atoms with E-state index in [9.17, 15) is 13.2 Å². The van der Waals surface area contributed by atoms with E-state index in [2.05, 4.69) is 15.5 Å². The minimum Gasteiger partial charge on any atom is -0.355 e. The molecule has 16 heavy (non-hydrogen) atoms. The zero-order valence-corrected chi connectivity index (χ0v) is 9.74. The van der Waals surface area contributed by atoms with Gasteiger partial charge in [0.05, 0.1) is 0 Å². The van der Waals surface area contributed by atoms with Crippen LogP contribution < -0.4 is 5.32 Å². The van der Waals surface area contributed by atoms with Crippen molar-refractivity contribution in [3.8, 4) is 0 Å². The average Bonchev–Trinajstić information content (AvgIpc) is 2.87. The van der Waals surface area contributed by atoms with Crippen molar-refractivity contribution in [2.45, 2.75) is 38.4 Å². The Labute approximate surface area is 95.1 Å². The predicted molar refractivity (Wildman–Crippen MR) is 55.3 cm³/mol. The number of nitrogens with one attached hydrogen (secondary N) is 1. The lowest BCUT2D eigenvalue weighted by Gasteiger charge is -2.25. The molecule has 0 saturated heterocycles. The highest BCUT2D eigenvalue weighted by atomic mass is 32.1. The summed E-state index contributed by atoms with van der Waals surface area (Å²) in [5.74, 6) is 0.519. The van der Waals surface area contributed by atoms with Crippen LogP contribution in [-0.2, 0) is 6.18 Å². The molecule has 0 radical (unpaired) electrons. The van der Waals surface area contributed by atoms with Gasteiger partial charge >= 0.3 is 6.18 Å². The van der Waals surface area contributed by atoms with E-state index < -0.39 is 11.2 Å². The second-order valence-corrected chi connectivity index (χ2v) is 5.51. The molecule has 90 valence electrons. The highest BCUT2D eigenvalue weighted by Gasteiger charge is 2.40. The molecule has 1 aromatic rings. The molecule has 1 aromatic heterocycles. The Hall–Kier alpha value is -0.850. The molecule has 1 aliphatic rings. The molecule has 2 rings (SSSR count). The lowest BCUT2D eigenvalue weighted by atomic mass is 9.99. The zero-order chi connectivity index (χ0) is 12.0. The van der Waals surface area contributed by atoms with Crippen molar-refractivity contribution in [2.75, 3.05) is 5.32 Å². The molecule has 0 bridgehead atoms. The number of halogens is 3. The van der Waals surface area contributed by atoms with E-state index in [1.165, 1.54) is 0 Å². The van der Waals surface area contributed by atoms with Crippen LogP contribution in [-0.4, -0.2) is 15.7 Å². The molecule has 3 nitrogen and oxygen atoms in total. The number of nitrogens with zero attached hydrogens (tertiary/aromatic N) is 2. The Morgan fingerprint density at radius 3 is 2.31 bits per heavy atom. The average molecular weight is 251 g/mol. The molecule has 1 saturated carbocycles. The van der Waals surface area contributed by atoms with E-state index >= 15 is 0 Å². The van der Waals surface area contributed by atoms with Gasteiger partial charge in [0.2, 0.25) is 10.1 Å². The van der Waals surface area contributed by atoms with Crippen molar-refractivity contribution < 1.29 is 13.2 Å². The third-order valence-electron chi connectivity index (χ3n) is 2.69. The number of hydrogen-bond donors (Lipinski definition) is 1. The molecule has 0 atom stereocenters. The van der Waals surface area contributed by atoms with Crippen LogP contribution in [0, 0.1) is 5.92 Å². The first-order chi connectivity index (χ1) is 7.29. The molecule has 1 heterocycles. The topological polar surface area (TPSA) is 37.8 Å². The van der Waals surface area contributed by atoms with Gasteiger partial charge in [-0.1, -0.05) is 11.3 Å². The lowest BCUT2D eigenvalue weighted by molar-refractivity contribution is -0.138. The molecule has 0 amide bonds. The Kier molecular flexibility index (Phi) is 2.60. The van der Waals surface area contributed by atoms with Gasteiger partial charge in [0.25, 0.3) is 0 Å². The Morgan fingerprint density at radius 2 is 1.88 bits per heavy atom. The maximum atomic E-state index is 12.3. The van der Waals surface area contributed by atoms with Gasteiger partial charge in [0, 0.05) is 5.54 Å². The number of hydrogen-bond acceptors (Lipinski definition) is 4. The summed E-state index contributed by atoms with van der Waals surface area (Å²) in [7, 11) is 0. The quantitative estimate of drug-likeness (QED) is 0.896. The first-order valence-electron chi connectivity index (χ1n) is 4.98. The molecular weight excluding hydrogens is 239 g/mol. The summed E-state index contributed by atoms with van der Waals surface area (Å²) in [5, 5.41) is 9.00. The Bertz CT molecular complexity index is 382. The van der Waals surface area contributed by atoms with E-state index in [1.807, 2.05) is 13.8 Å². The van der Waals surface area contributed by atoms with Gasteiger partial charge in [-0.05, 0) is 32.6 Å². The van der Waals surface area contributed by atoms with Crippen LogP contribution in [0.1, 0.15) is 31.7 Å². The molecule has 0 unspecified atom stereocenters. The molecule has 1 N–H and O–H groups in total. The SMILES string of the molecule is CC(C)(Nc1nnc(C(F)(F)F)s1)C1CC1. The molecule has 0 aliphatic heterocycles. The van der Waals surface area contributed by atoms with Crippen LogP contribution in [0.5, 0.6) is 0 Å². The van der Waals surface area contributed by atoms with Crippen LogP contribution in [0.2, 0.25) is 0 Å². The Morgan fingerprint density at radius 1 is 1.25 bits per heavy atom. The second-order valence-electron chi connectivity index (χ2n) is 4.53. The molecule has 1 fully saturated rings. The lowest BCUT2D eigenvalue weighted by Crippen LogP contribution is -2.33. The maximum Gasteiger partial charge on any atom is 0.445 e. The van der Waals surface area contributed by atoms with Crippen molar-refractivity contribution >= 4 is 16.5 Å². The van der Waals surface area contributed by atoms with Gasteiger partial charge in [-0.15, -0.1) is 10.2 Å². The second kappa shape index (κ2) is 3.58. The van der Waals surface area contributed by atoms with E-state index in [0.29, 0.717) is 17.3 Å². The maximum absolute atomic E-state index is 12.3. The van der Waals surface area contributed by atoms with Gasteiger partial charge < -0.3 is 5.32 Å². The van der Waals surface area contributed by atoms with Crippen LogP contribution in [0.3, 0.4) is 0 Å². The number of aromatic nitrogens is 2. The predicted octanol–water partition coefficient (Wildman–Crippen LogP) is 3.16. The zero-order valence-electron chi connectivity index (χ0n) is 8.93. The van der Waals surface area contributed by atoms with Crippen LogP contribution in [0.25, 0.3) is 0 Å². The number of alkyl halides is 3. The minimum atomic E-state index is -4.40. The summed E-state index contributed by atoms with van der Waals surface area (Å²) >= 11 is 0.554. The van der Waals surface area contributed by atoms with E-state index in [4.69, 9.17) is 0 Å². The monoisotopic (exact) mass is 251 g/mol. The van der Waals surface area contributed by atoms with Crippen LogP contribution in [0.15, 0.2) is 0 Å². The van der Waals surface area contributed by atoms with E-state index in [1.54, 1.807) is 0 Å². The summed E-state index contributed by atoms with van der Waals surface area (Å²) in [5.41, 5.74) is -0.206. The largest absolute Gasteiger partial charge is 0.445 e. The first-order valence-corrected chi connectivity index (χ1v) is 5.79. The van der Waals surface area contributed by atoms with Crippen LogP contribution in [0.4, 0.5) is 18.3 Å². The fourth-order valence-corrected chi connectivity index (χ4v) is 2.35. The number of anilines is 1. The highest BCUT2D eigenvalue weighted by molar-refractivity contribution is 7.15. The normalized spacial score (nSPS) is 17.6. The first kappa shape index (κ1) is 11.6. The highest BCUT2D eigenvalue weighted by Crippen LogP contribution is 2.42. The smallest absolute Gasteiger partial charge is 0.355 e. The summed E-state index contributed by atoms with van der Waals surface area (Å²) in [6, 6.07) is 0. The van der Waals surface area contributed by atoms with E-state index in [-0.39, 0.29) is 10.7 Å². The van der Waals surface area contributed by atoms with Crippen molar-refractivity contribution in [2.24, 2.45) is 5.92 Å². The molecule has 0 spiro atoms. The van der Waals surface area contributed by atoms with Crippen molar-refractivity contribution in [1.82, 2.24) is 10.2 Å². The summed E-state index contributed by atoms with van der Waals surface area (Å²) in [6.45, 7) is 3.94. The molecule has 7 heteroatoms. The third-order valence-corrected chi connectivity index (χ3v) is 3.58. The van der Waals surface area contributed by atoms with Crippen molar-refractivity contribution in [3.05, 3.63) is 5.01 Å². The van der Waals surface area contributed by atoms with Gasteiger partial charge in [-0.3, -0.25) is 0 Å². The summed E-state index contributed by atoms with van der Waals surface area (Å²) in [6.07, 6.45) is -2.17. The molecule has 1 aliphatic carbocycles. The fourth-order valence-electron chi connectivity index (χ4n) is 1.57. The van der Waals surface area contributed by atoms with Gasteiger partial charge in [-0.2, -0.15) is 13.2 Å². The van der Waals surface area contributed by atoms with E-state index in [0.717, 1.165) is 12.8 Å². The summed E-state index contributed by atoms with van der Waals surface area (Å²) in [4.78, 5) is 0. The number of rotatable bonds is 3.